The van der Waals surface area contributed by atoms with Crippen LogP contribution in [0.5, 0.6) is 0 Å². The first-order chi connectivity index (χ1) is 9.15. The number of amides is 1. The van der Waals surface area contributed by atoms with E-state index in [0.29, 0.717) is 13.0 Å². The third-order valence-electron chi connectivity index (χ3n) is 2.88. The van der Waals surface area contributed by atoms with E-state index in [9.17, 15) is 4.79 Å². The van der Waals surface area contributed by atoms with Crippen LogP contribution in [0.2, 0.25) is 0 Å². The van der Waals surface area contributed by atoms with Gasteiger partial charge >= 0.3 is 0 Å². The zero-order valence-electron chi connectivity index (χ0n) is 10.8. The molecule has 3 heteroatoms. The molecule has 0 radical (unpaired) electrons. The largest absolute Gasteiger partial charge is 0.352 e. The van der Waals surface area contributed by atoms with Crippen molar-refractivity contribution in [1.82, 2.24) is 5.32 Å². The molecule has 2 nitrogen and oxygen atoms in total. The van der Waals surface area contributed by atoms with E-state index in [1.54, 1.807) is 0 Å². The van der Waals surface area contributed by atoms with Gasteiger partial charge in [0.15, 0.2) is 0 Å². The molecule has 0 aromatic heterocycles. The Kier molecular flexibility index (Phi) is 4.74. The second-order valence-corrected chi connectivity index (χ2v) is 5.39. The van der Waals surface area contributed by atoms with Gasteiger partial charge in [-0.25, -0.2) is 0 Å². The molecule has 0 aliphatic rings. The average Bonchev–Trinajstić information content (AvgIpc) is 2.39. The number of carbonyl (C=O) groups excluding carboxylic acids is 1. The van der Waals surface area contributed by atoms with Crippen LogP contribution < -0.4 is 5.32 Å². The molecule has 2 aromatic carbocycles. The Morgan fingerprint density at radius 3 is 2.68 bits per heavy atom. The molecule has 0 saturated carbocycles. The number of benzene rings is 2. The zero-order valence-corrected chi connectivity index (χ0v) is 12.4. The van der Waals surface area contributed by atoms with Crippen LogP contribution in [-0.4, -0.2) is 5.91 Å². The fourth-order valence-electron chi connectivity index (χ4n) is 1.90. The van der Waals surface area contributed by atoms with Gasteiger partial charge in [0.2, 0.25) is 5.91 Å². The van der Waals surface area contributed by atoms with Crippen LogP contribution >= 0.6 is 15.9 Å². The molecule has 0 fully saturated rings. The Morgan fingerprint density at radius 2 is 1.95 bits per heavy atom. The van der Waals surface area contributed by atoms with Gasteiger partial charge < -0.3 is 5.32 Å². The molecule has 0 atom stereocenters. The highest BCUT2D eigenvalue weighted by molar-refractivity contribution is 9.10. The molecule has 0 aliphatic heterocycles. The number of halogens is 1. The molecule has 0 heterocycles. The van der Waals surface area contributed by atoms with E-state index >= 15 is 0 Å². The maximum absolute atomic E-state index is 11.9. The highest BCUT2D eigenvalue weighted by Crippen LogP contribution is 2.16. The molecule has 0 spiro atoms. The molecule has 0 aliphatic carbocycles. The third-order valence-corrected chi connectivity index (χ3v) is 3.65. The smallest absolute Gasteiger partial charge is 0.224 e. The van der Waals surface area contributed by atoms with E-state index in [1.807, 2.05) is 49.4 Å². The normalized spacial score (nSPS) is 10.2. The third kappa shape index (κ3) is 4.21. The van der Waals surface area contributed by atoms with Crippen LogP contribution in [0.3, 0.4) is 0 Å². The Labute approximate surface area is 122 Å². The summed E-state index contributed by atoms with van der Waals surface area (Å²) in [5.41, 5.74) is 3.34. The van der Waals surface area contributed by atoms with Gasteiger partial charge in [0.1, 0.15) is 0 Å². The van der Waals surface area contributed by atoms with Gasteiger partial charge in [0.25, 0.3) is 0 Å². The van der Waals surface area contributed by atoms with Gasteiger partial charge in [-0.15, -0.1) is 0 Å². The van der Waals surface area contributed by atoms with Crippen molar-refractivity contribution >= 4 is 21.8 Å². The van der Waals surface area contributed by atoms with Crippen molar-refractivity contribution in [2.24, 2.45) is 0 Å². The van der Waals surface area contributed by atoms with Gasteiger partial charge in [-0.05, 0) is 24.1 Å². The number of aryl methyl sites for hydroxylation is 1. The molecule has 2 aromatic rings. The predicted octanol–water partition coefficient (Wildman–Crippen LogP) is 3.62. The van der Waals surface area contributed by atoms with E-state index in [2.05, 4.69) is 27.3 Å². The van der Waals surface area contributed by atoms with Crippen LogP contribution in [0.15, 0.2) is 53.0 Å². The maximum Gasteiger partial charge on any atom is 0.224 e. The maximum atomic E-state index is 11.9. The average molecular weight is 318 g/mol. The fourth-order valence-corrected chi connectivity index (χ4v) is 2.32. The van der Waals surface area contributed by atoms with Crippen LogP contribution in [-0.2, 0) is 17.8 Å². The molecule has 2 rings (SSSR count). The monoisotopic (exact) mass is 317 g/mol. The molecule has 0 saturated heterocycles. The first-order valence-electron chi connectivity index (χ1n) is 6.21. The minimum Gasteiger partial charge on any atom is -0.352 e. The van der Waals surface area contributed by atoms with E-state index < -0.39 is 0 Å². The quantitative estimate of drug-likeness (QED) is 0.917. The van der Waals surface area contributed by atoms with Crippen molar-refractivity contribution in [1.29, 1.82) is 0 Å². The molecule has 19 heavy (non-hydrogen) atoms. The van der Waals surface area contributed by atoms with Crippen LogP contribution in [0.4, 0.5) is 0 Å². The first kappa shape index (κ1) is 13.8. The van der Waals surface area contributed by atoms with Crippen LogP contribution in [0.1, 0.15) is 16.7 Å². The van der Waals surface area contributed by atoms with Crippen molar-refractivity contribution in [3.63, 3.8) is 0 Å². The van der Waals surface area contributed by atoms with Gasteiger partial charge in [-0.3, -0.25) is 4.79 Å². The fraction of sp³-hybridized carbons (Fsp3) is 0.188. The highest BCUT2D eigenvalue weighted by atomic mass is 79.9. The van der Waals surface area contributed by atoms with Crippen molar-refractivity contribution in [3.05, 3.63) is 69.7 Å². The number of rotatable bonds is 4. The Hall–Kier alpha value is -1.61. The molecule has 1 N–H and O–H groups in total. The summed E-state index contributed by atoms with van der Waals surface area (Å²) in [7, 11) is 0. The lowest BCUT2D eigenvalue weighted by Gasteiger charge is -2.07. The zero-order chi connectivity index (χ0) is 13.7. The van der Waals surface area contributed by atoms with E-state index in [-0.39, 0.29) is 5.91 Å². The molecule has 1 amide bonds. The second kappa shape index (κ2) is 6.53. The summed E-state index contributed by atoms with van der Waals surface area (Å²) in [5, 5.41) is 2.94. The summed E-state index contributed by atoms with van der Waals surface area (Å²) in [6, 6.07) is 15.9. The standard InChI is InChI=1S/C16H16BrNO/c1-12-5-4-6-13(9-12)11-18-16(19)10-14-7-2-3-8-15(14)17/h2-9H,10-11H2,1H3,(H,18,19). The summed E-state index contributed by atoms with van der Waals surface area (Å²) in [6.07, 6.45) is 0.396. The van der Waals surface area contributed by atoms with Crippen molar-refractivity contribution in [2.45, 2.75) is 19.9 Å². The van der Waals surface area contributed by atoms with Crippen molar-refractivity contribution < 1.29 is 4.79 Å². The number of hydrogen-bond acceptors (Lipinski definition) is 1. The van der Waals surface area contributed by atoms with Gasteiger partial charge in [0.05, 0.1) is 6.42 Å². The lowest BCUT2D eigenvalue weighted by Crippen LogP contribution is -2.24. The summed E-state index contributed by atoms with van der Waals surface area (Å²) in [4.78, 5) is 11.9. The number of nitrogens with one attached hydrogen (secondary N) is 1. The van der Waals surface area contributed by atoms with Crippen LogP contribution in [0.25, 0.3) is 0 Å². The molecular weight excluding hydrogens is 302 g/mol. The SMILES string of the molecule is Cc1cccc(CNC(=O)Cc2ccccc2Br)c1. The Balaban J connectivity index is 1.90. The van der Waals surface area contributed by atoms with E-state index in [0.717, 1.165) is 15.6 Å². The minimum atomic E-state index is 0.0356. The van der Waals surface area contributed by atoms with Crippen molar-refractivity contribution in [3.8, 4) is 0 Å². The Morgan fingerprint density at radius 1 is 1.16 bits per heavy atom. The molecule has 0 bridgehead atoms. The van der Waals surface area contributed by atoms with Crippen molar-refractivity contribution in [2.75, 3.05) is 0 Å². The van der Waals surface area contributed by atoms with Crippen LogP contribution in [0, 0.1) is 6.92 Å². The topological polar surface area (TPSA) is 29.1 Å². The van der Waals surface area contributed by atoms with E-state index in [4.69, 9.17) is 0 Å². The predicted molar refractivity (Wildman–Crippen MR) is 80.9 cm³/mol. The molecule has 0 unspecified atom stereocenters. The lowest BCUT2D eigenvalue weighted by molar-refractivity contribution is -0.120. The molecular formula is C16H16BrNO. The second-order valence-electron chi connectivity index (χ2n) is 4.53. The van der Waals surface area contributed by atoms with E-state index in [1.165, 1.54) is 5.56 Å². The first-order valence-corrected chi connectivity index (χ1v) is 7.00. The molecule has 98 valence electrons. The highest BCUT2D eigenvalue weighted by Gasteiger charge is 2.05. The van der Waals surface area contributed by atoms with Gasteiger partial charge in [0, 0.05) is 11.0 Å². The number of hydrogen-bond donors (Lipinski definition) is 1. The summed E-state index contributed by atoms with van der Waals surface area (Å²) in [5.74, 6) is 0.0356. The summed E-state index contributed by atoms with van der Waals surface area (Å²) < 4.78 is 0.973. The van der Waals surface area contributed by atoms with Gasteiger partial charge in [-0.1, -0.05) is 64.0 Å². The van der Waals surface area contributed by atoms with Gasteiger partial charge in [-0.2, -0.15) is 0 Å². The summed E-state index contributed by atoms with van der Waals surface area (Å²) in [6.45, 7) is 2.62. The summed E-state index contributed by atoms with van der Waals surface area (Å²) >= 11 is 3.45. The Bertz CT molecular complexity index is 580. The lowest BCUT2D eigenvalue weighted by atomic mass is 10.1. The minimum absolute atomic E-state index is 0.0356. The number of carbonyl (C=O) groups is 1.